The molecule has 1 aliphatic rings. The number of carbonyl (C=O) groups excluding carboxylic acids is 1. The first-order valence-corrected chi connectivity index (χ1v) is 10.6. The molecule has 1 aliphatic heterocycles. The minimum atomic E-state index is -0.544. The van der Waals surface area contributed by atoms with Gasteiger partial charge in [-0.15, -0.1) is 24.0 Å². The van der Waals surface area contributed by atoms with Gasteiger partial charge in [0.25, 0.3) is 5.91 Å². The van der Waals surface area contributed by atoms with E-state index in [9.17, 15) is 13.6 Å². The molecule has 1 saturated heterocycles. The van der Waals surface area contributed by atoms with Gasteiger partial charge in [0.05, 0.1) is 6.54 Å². The Morgan fingerprint density at radius 2 is 1.72 bits per heavy atom. The fraction of sp³-hybridized carbons (Fsp3) is 0.391. The summed E-state index contributed by atoms with van der Waals surface area (Å²) in [5, 5.41) is 9.35. The number of benzene rings is 2. The third kappa shape index (κ3) is 6.78. The van der Waals surface area contributed by atoms with E-state index >= 15 is 0 Å². The van der Waals surface area contributed by atoms with Crippen LogP contribution < -0.4 is 20.9 Å². The number of carbonyl (C=O) groups is 1. The molecule has 3 rings (SSSR count). The van der Waals surface area contributed by atoms with Gasteiger partial charge in [0.15, 0.2) is 5.96 Å². The number of nitrogens with zero attached hydrogens (tertiary/aromatic N) is 2. The van der Waals surface area contributed by atoms with Gasteiger partial charge in [-0.2, -0.15) is 0 Å². The smallest absolute Gasteiger partial charge is 0.251 e. The van der Waals surface area contributed by atoms with Crippen LogP contribution in [-0.2, 0) is 6.54 Å². The Bertz CT molecular complexity index is 903. The SMILES string of the molecule is CCNC(=O)c1ccc(CN=C(NCC)NC2CCN(c3c(F)cccc3F)C2)cc1.I. The second-order valence-electron chi connectivity index (χ2n) is 7.40. The lowest BCUT2D eigenvalue weighted by molar-refractivity contribution is 0.0956. The van der Waals surface area contributed by atoms with Gasteiger partial charge in [-0.05, 0) is 50.1 Å². The summed E-state index contributed by atoms with van der Waals surface area (Å²) in [6.45, 7) is 6.65. The average Bonchev–Trinajstić information content (AvgIpc) is 3.20. The zero-order valence-corrected chi connectivity index (χ0v) is 20.7. The summed E-state index contributed by atoms with van der Waals surface area (Å²) in [6, 6.07) is 11.3. The van der Waals surface area contributed by atoms with Gasteiger partial charge >= 0.3 is 0 Å². The van der Waals surface area contributed by atoms with Crippen LogP contribution in [0.1, 0.15) is 36.2 Å². The minimum absolute atomic E-state index is 0. The lowest BCUT2D eigenvalue weighted by Crippen LogP contribution is -2.44. The van der Waals surface area contributed by atoms with Crippen molar-refractivity contribution in [2.45, 2.75) is 32.9 Å². The van der Waals surface area contributed by atoms with Gasteiger partial charge in [-0.1, -0.05) is 18.2 Å². The van der Waals surface area contributed by atoms with Crippen LogP contribution >= 0.6 is 24.0 Å². The molecule has 0 saturated carbocycles. The second-order valence-corrected chi connectivity index (χ2v) is 7.40. The molecule has 9 heteroatoms. The maximum Gasteiger partial charge on any atom is 0.251 e. The highest BCUT2D eigenvalue weighted by molar-refractivity contribution is 14.0. The van der Waals surface area contributed by atoms with Crippen LogP contribution in [0.2, 0.25) is 0 Å². The predicted molar refractivity (Wildman–Crippen MR) is 135 cm³/mol. The van der Waals surface area contributed by atoms with E-state index in [-0.39, 0.29) is 41.6 Å². The van der Waals surface area contributed by atoms with Crippen molar-refractivity contribution >= 4 is 41.5 Å². The quantitative estimate of drug-likeness (QED) is 0.276. The third-order valence-electron chi connectivity index (χ3n) is 5.10. The molecule has 0 bridgehead atoms. The standard InChI is InChI=1S/C23H29F2N5O.HI/c1-3-26-22(31)17-10-8-16(9-11-17)14-28-23(27-4-2)29-18-12-13-30(15-18)21-19(24)6-5-7-20(21)25;/h5-11,18H,3-4,12-15H2,1-2H3,(H,26,31)(H2,27,28,29);1H. The summed E-state index contributed by atoms with van der Waals surface area (Å²) in [5.74, 6) is -0.532. The maximum absolute atomic E-state index is 14.1. The summed E-state index contributed by atoms with van der Waals surface area (Å²) >= 11 is 0. The van der Waals surface area contributed by atoms with E-state index in [0.29, 0.717) is 44.2 Å². The van der Waals surface area contributed by atoms with Crippen molar-refractivity contribution in [3.05, 3.63) is 65.2 Å². The van der Waals surface area contributed by atoms with E-state index in [4.69, 9.17) is 0 Å². The molecule has 1 heterocycles. The Hall–Kier alpha value is -2.43. The Labute approximate surface area is 204 Å². The van der Waals surface area contributed by atoms with E-state index < -0.39 is 11.6 Å². The summed E-state index contributed by atoms with van der Waals surface area (Å²) < 4.78 is 28.2. The summed E-state index contributed by atoms with van der Waals surface area (Å²) in [7, 11) is 0. The number of nitrogens with one attached hydrogen (secondary N) is 3. The van der Waals surface area contributed by atoms with Crippen molar-refractivity contribution in [2.75, 3.05) is 31.1 Å². The number of aliphatic imine (C=N–C) groups is 1. The fourth-order valence-corrected chi connectivity index (χ4v) is 3.58. The molecule has 1 amide bonds. The van der Waals surface area contributed by atoms with Crippen LogP contribution in [-0.4, -0.2) is 44.1 Å². The molecule has 3 N–H and O–H groups in total. The Morgan fingerprint density at radius 3 is 2.34 bits per heavy atom. The van der Waals surface area contributed by atoms with Crippen LogP contribution in [0, 0.1) is 11.6 Å². The molecule has 0 radical (unpaired) electrons. The number of guanidine groups is 1. The highest BCUT2D eigenvalue weighted by Crippen LogP contribution is 2.26. The van der Waals surface area contributed by atoms with E-state index in [1.165, 1.54) is 18.2 Å². The van der Waals surface area contributed by atoms with Crippen molar-refractivity contribution in [3.63, 3.8) is 0 Å². The zero-order valence-electron chi connectivity index (χ0n) is 18.3. The minimum Gasteiger partial charge on any atom is -0.365 e. The first-order chi connectivity index (χ1) is 15.0. The summed E-state index contributed by atoms with van der Waals surface area (Å²) in [5.41, 5.74) is 1.62. The number of anilines is 1. The molecule has 32 heavy (non-hydrogen) atoms. The number of amides is 1. The number of hydrogen-bond acceptors (Lipinski definition) is 3. The number of halogens is 3. The molecule has 0 aliphatic carbocycles. The Balaban J connectivity index is 0.00000363. The molecule has 2 aromatic carbocycles. The van der Waals surface area contributed by atoms with Crippen LogP contribution in [0.15, 0.2) is 47.5 Å². The first kappa shape index (κ1) is 25.8. The third-order valence-corrected chi connectivity index (χ3v) is 5.10. The van der Waals surface area contributed by atoms with Gasteiger partial charge in [0, 0.05) is 37.8 Å². The van der Waals surface area contributed by atoms with Crippen molar-refractivity contribution in [2.24, 2.45) is 4.99 Å². The van der Waals surface area contributed by atoms with E-state index in [1.54, 1.807) is 17.0 Å². The molecule has 1 atom stereocenters. The molecular formula is C23H30F2IN5O. The van der Waals surface area contributed by atoms with Gasteiger partial charge in [0.2, 0.25) is 0 Å². The van der Waals surface area contributed by atoms with Gasteiger partial charge < -0.3 is 20.9 Å². The van der Waals surface area contributed by atoms with Crippen LogP contribution in [0.5, 0.6) is 0 Å². The largest absolute Gasteiger partial charge is 0.365 e. The predicted octanol–water partition coefficient (Wildman–Crippen LogP) is 3.67. The highest BCUT2D eigenvalue weighted by atomic mass is 127. The average molecular weight is 557 g/mol. The lowest BCUT2D eigenvalue weighted by Gasteiger charge is -2.21. The van der Waals surface area contributed by atoms with Gasteiger partial charge in [0.1, 0.15) is 17.3 Å². The maximum atomic E-state index is 14.1. The zero-order chi connectivity index (χ0) is 22.2. The molecule has 174 valence electrons. The molecule has 0 spiro atoms. The van der Waals surface area contributed by atoms with Gasteiger partial charge in [-0.3, -0.25) is 4.79 Å². The monoisotopic (exact) mass is 557 g/mol. The molecule has 6 nitrogen and oxygen atoms in total. The molecular weight excluding hydrogens is 527 g/mol. The van der Waals surface area contributed by atoms with E-state index in [2.05, 4.69) is 20.9 Å². The number of hydrogen-bond donors (Lipinski definition) is 3. The lowest BCUT2D eigenvalue weighted by atomic mass is 10.1. The highest BCUT2D eigenvalue weighted by Gasteiger charge is 2.27. The fourth-order valence-electron chi connectivity index (χ4n) is 3.58. The van der Waals surface area contributed by atoms with E-state index in [0.717, 1.165) is 12.0 Å². The van der Waals surface area contributed by atoms with Gasteiger partial charge in [-0.25, -0.2) is 13.8 Å². The first-order valence-electron chi connectivity index (χ1n) is 10.6. The number of rotatable bonds is 7. The Morgan fingerprint density at radius 1 is 1.06 bits per heavy atom. The van der Waals surface area contributed by atoms with Crippen LogP contribution in [0.3, 0.4) is 0 Å². The molecule has 2 aromatic rings. The van der Waals surface area contributed by atoms with Crippen molar-refractivity contribution in [3.8, 4) is 0 Å². The van der Waals surface area contributed by atoms with Crippen molar-refractivity contribution in [1.29, 1.82) is 0 Å². The normalized spacial score (nSPS) is 15.8. The topological polar surface area (TPSA) is 68.8 Å². The van der Waals surface area contributed by atoms with Crippen LogP contribution in [0.4, 0.5) is 14.5 Å². The molecule has 0 aromatic heterocycles. The molecule has 1 fully saturated rings. The van der Waals surface area contributed by atoms with Crippen molar-refractivity contribution < 1.29 is 13.6 Å². The number of para-hydroxylation sites is 1. The Kier molecular flexibility index (Phi) is 10.1. The van der Waals surface area contributed by atoms with E-state index in [1.807, 2.05) is 26.0 Å². The second kappa shape index (κ2) is 12.6. The summed E-state index contributed by atoms with van der Waals surface area (Å²) in [6.07, 6.45) is 0.749. The van der Waals surface area contributed by atoms with Crippen molar-refractivity contribution in [1.82, 2.24) is 16.0 Å². The molecule has 1 unspecified atom stereocenters. The van der Waals surface area contributed by atoms with Crippen LogP contribution in [0.25, 0.3) is 0 Å². The summed E-state index contributed by atoms with van der Waals surface area (Å²) in [4.78, 5) is 18.2.